The van der Waals surface area contributed by atoms with Crippen LogP contribution in [0.15, 0.2) is 24.4 Å². The summed E-state index contributed by atoms with van der Waals surface area (Å²) in [4.78, 5) is 0. The fourth-order valence-electron chi connectivity index (χ4n) is 1.53. The van der Waals surface area contributed by atoms with Gasteiger partial charge in [0.25, 0.3) is 0 Å². The molecule has 90 valence electrons. The molecular weight excluding hydrogens is 243 g/mol. The molecule has 3 nitrogen and oxygen atoms in total. The number of aryl methyl sites for hydroxylation is 1. The molecule has 1 aromatic heterocycles. The van der Waals surface area contributed by atoms with Gasteiger partial charge in [0.15, 0.2) is 0 Å². The number of halogens is 2. The first-order valence-electron chi connectivity index (χ1n) is 5.18. The SMILES string of the molecule is Cc1nn(-c2ccc([C@H](C)O)cc2F)cc1Cl. The van der Waals surface area contributed by atoms with Crippen molar-refractivity contribution in [3.63, 3.8) is 0 Å². The highest BCUT2D eigenvalue weighted by Crippen LogP contribution is 2.21. The Morgan fingerprint density at radius 1 is 1.47 bits per heavy atom. The summed E-state index contributed by atoms with van der Waals surface area (Å²) < 4.78 is 15.2. The topological polar surface area (TPSA) is 38.0 Å². The molecule has 5 heteroatoms. The number of hydrogen-bond acceptors (Lipinski definition) is 2. The lowest BCUT2D eigenvalue weighted by atomic mass is 10.1. The van der Waals surface area contributed by atoms with E-state index in [1.807, 2.05) is 0 Å². The fraction of sp³-hybridized carbons (Fsp3) is 0.250. The molecule has 0 aliphatic rings. The summed E-state index contributed by atoms with van der Waals surface area (Å²) in [6.07, 6.45) is 0.860. The average Bonchev–Trinajstić information content (AvgIpc) is 2.58. The second kappa shape index (κ2) is 4.47. The van der Waals surface area contributed by atoms with E-state index in [1.165, 1.54) is 10.7 Å². The van der Waals surface area contributed by atoms with Crippen LogP contribution in [0, 0.1) is 12.7 Å². The average molecular weight is 255 g/mol. The normalized spacial score (nSPS) is 12.8. The number of aromatic nitrogens is 2. The lowest BCUT2D eigenvalue weighted by molar-refractivity contribution is 0.199. The molecule has 0 saturated heterocycles. The number of aliphatic hydroxyl groups is 1. The summed E-state index contributed by atoms with van der Waals surface area (Å²) >= 11 is 5.87. The van der Waals surface area contributed by atoms with E-state index in [-0.39, 0.29) is 0 Å². The van der Waals surface area contributed by atoms with E-state index in [9.17, 15) is 9.50 Å². The van der Waals surface area contributed by atoms with Gasteiger partial charge in [-0.1, -0.05) is 17.7 Å². The third kappa shape index (κ3) is 2.33. The third-order valence-corrected chi connectivity index (χ3v) is 2.91. The maximum absolute atomic E-state index is 13.8. The van der Waals surface area contributed by atoms with Gasteiger partial charge in [0, 0.05) is 6.20 Å². The first-order chi connectivity index (χ1) is 7.99. The van der Waals surface area contributed by atoms with Crippen LogP contribution in [0.3, 0.4) is 0 Å². The molecular formula is C12H12ClFN2O. The highest BCUT2D eigenvalue weighted by molar-refractivity contribution is 6.31. The Bertz CT molecular complexity index is 532. The minimum atomic E-state index is -0.693. The molecule has 0 saturated carbocycles. The molecule has 17 heavy (non-hydrogen) atoms. The van der Waals surface area contributed by atoms with Gasteiger partial charge >= 0.3 is 0 Å². The van der Waals surface area contributed by atoms with Crippen molar-refractivity contribution in [1.82, 2.24) is 9.78 Å². The molecule has 0 radical (unpaired) electrons. The molecule has 1 aromatic carbocycles. The molecule has 0 amide bonds. The smallest absolute Gasteiger partial charge is 0.149 e. The Kier molecular flexibility index (Phi) is 3.17. The van der Waals surface area contributed by atoms with E-state index in [0.717, 1.165) is 0 Å². The van der Waals surface area contributed by atoms with Crippen molar-refractivity contribution in [1.29, 1.82) is 0 Å². The zero-order chi connectivity index (χ0) is 12.6. The summed E-state index contributed by atoms with van der Waals surface area (Å²) in [5, 5.41) is 13.9. The van der Waals surface area contributed by atoms with E-state index in [2.05, 4.69) is 5.10 Å². The van der Waals surface area contributed by atoms with Crippen LogP contribution in [0.25, 0.3) is 5.69 Å². The molecule has 2 rings (SSSR count). The van der Waals surface area contributed by atoms with Crippen LogP contribution in [0.1, 0.15) is 24.3 Å². The van der Waals surface area contributed by atoms with Crippen molar-refractivity contribution in [2.24, 2.45) is 0 Å². The highest BCUT2D eigenvalue weighted by Gasteiger charge is 2.10. The quantitative estimate of drug-likeness (QED) is 0.895. The van der Waals surface area contributed by atoms with E-state index >= 15 is 0 Å². The van der Waals surface area contributed by atoms with Crippen molar-refractivity contribution >= 4 is 11.6 Å². The summed E-state index contributed by atoms with van der Waals surface area (Å²) in [5.41, 5.74) is 1.48. The zero-order valence-electron chi connectivity index (χ0n) is 9.48. The fourth-order valence-corrected chi connectivity index (χ4v) is 1.66. The minimum absolute atomic E-state index is 0.310. The first-order valence-corrected chi connectivity index (χ1v) is 5.56. The van der Waals surface area contributed by atoms with Crippen molar-refractivity contribution in [3.8, 4) is 5.69 Å². The van der Waals surface area contributed by atoms with E-state index < -0.39 is 11.9 Å². The number of nitrogens with zero attached hydrogens (tertiary/aromatic N) is 2. The van der Waals surface area contributed by atoms with Crippen LogP contribution < -0.4 is 0 Å². The Morgan fingerprint density at radius 3 is 2.65 bits per heavy atom. The van der Waals surface area contributed by atoms with Gasteiger partial charge in [-0.2, -0.15) is 5.10 Å². The lowest BCUT2D eigenvalue weighted by Crippen LogP contribution is -2.01. The molecule has 0 unspecified atom stereocenters. The van der Waals surface area contributed by atoms with E-state index in [0.29, 0.717) is 22.0 Å². The van der Waals surface area contributed by atoms with Crippen LogP contribution in [-0.2, 0) is 0 Å². The van der Waals surface area contributed by atoms with E-state index in [1.54, 1.807) is 32.2 Å². The van der Waals surface area contributed by atoms with Crippen molar-refractivity contribution in [2.45, 2.75) is 20.0 Å². The Morgan fingerprint density at radius 2 is 2.18 bits per heavy atom. The van der Waals surface area contributed by atoms with Crippen LogP contribution >= 0.6 is 11.6 Å². The van der Waals surface area contributed by atoms with E-state index in [4.69, 9.17) is 11.6 Å². The summed E-state index contributed by atoms with van der Waals surface area (Å²) in [6.45, 7) is 3.34. The van der Waals surface area contributed by atoms with Crippen LogP contribution in [0.4, 0.5) is 4.39 Å². The van der Waals surface area contributed by atoms with Crippen LogP contribution in [0.2, 0.25) is 5.02 Å². The maximum Gasteiger partial charge on any atom is 0.149 e. The van der Waals surface area contributed by atoms with Crippen molar-refractivity contribution in [3.05, 3.63) is 46.5 Å². The second-order valence-corrected chi connectivity index (χ2v) is 4.30. The molecule has 0 fully saturated rings. The number of benzene rings is 1. The van der Waals surface area contributed by atoms with Gasteiger partial charge in [-0.15, -0.1) is 0 Å². The standard InChI is InChI=1S/C12H12ClFN2O/c1-7-10(13)6-16(15-7)12-4-3-9(8(2)17)5-11(12)14/h3-6,8,17H,1-2H3/t8-/m0/s1. The summed E-state index contributed by atoms with van der Waals surface area (Å²) in [7, 11) is 0. The monoisotopic (exact) mass is 254 g/mol. The summed E-state index contributed by atoms with van der Waals surface area (Å²) in [6, 6.07) is 4.53. The van der Waals surface area contributed by atoms with Crippen molar-refractivity contribution in [2.75, 3.05) is 0 Å². The van der Waals surface area contributed by atoms with Gasteiger partial charge in [0.1, 0.15) is 11.5 Å². The Hall–Kier alpha value is -1.39. The maximum atomic E-state index is 13.8. The Balaban J connectivity index is 2.46. The largest absolute Gasteiger partial charge is 0.389 e. The lowest BCUT2D eigenvalue weighted by Gasteiger charge is -2.08. The van der Waals surface area contributed by atoms with Gasteiger partial charge in [-0.25, -0.2) is 9.07 Å². The molecule has 0 aliphatic carbocycles. The zero-order valence-corrected chi connectivity index (χ0v) is 10.2. The number of aliphatic hydroxyl groups excluding tert-OH is 1. The van der Waals surface area contributed by atoms with Gasteiger partial charge in [-0.3, -0.25) is 0 Å². The highest BCUT2D eigenvalue weighted by atomic mass is 35.5. The van der Waals surface area contributed by atoms with Gasteiger partial charge < -0.3 is 5.11 Å². The number of hydrogen-bond donors (Lipinski definition) is 1. The van der Waals surface area contributed by atoms with Crippen molar-refractivity contribution < 1.29 is 9.50 Å². The summed E-state index contributed by atoms with van der Waals surface area (Å²) in [5.74, 6) is -0.442. The van der Waals surface area contributed by atoms with Crippen LogP contribution in [0.5, 0.6) is 0 Å². The molecule has 0 bridgehead atoms. The number of rotatable bonds is 2. The predicted octanol–water partition coefficient (Wildman–Crippen LogP) is 3.03. The molecule has 2 aromatic rings. The predicted molar refractivity (Wildman–Crippen MR) is 63.9 cm³/mol. The first kappa shape index (κ1) is 12.1. The van der Waals surface area contributed by atoms with Crippen LogP contribution in [-0.4, -0.2) is 14.9 Å². The van der Waals surface area contributed by atoms with Gasteiger partial charge in [0.2, 0.25) is 0 Å². The molecule has 0 aliphatic heterocycles. The second-order valence-electron chi connectivity index (χ2n) is 3.89. The minimum Gasteiger partial charge on any atom is -0.389 e. The van der Waals surface area contributed by atoms with Gasteiger partial charge in [0.05, 0.1) is 16.8 Å². The molecule has 1 atom stereocenters. The molecule has 1 N–H and O–H groups in total. The molecule has 1 heterocycles. The Labute approximate surface area is 103 Å². The van der Waals surface area contributed by atoms with Gasteiger partial charge in [-0.05, 0) is 31.5 Å². The molecule has 0 spiro atoms. The third-order valence-electron chi connectivity index (χ3n) is 2.54.